The van der Waals surface area contributed by atoms with E-state index < -0.39 is 18.4 Å². The van der Waals surface area contributed by atoms with Crippen LogP contribution in [0.25, 0.3) is 43.3 Å². The molecular formula is C39H54N2SSn. The van der Waals surface area contributed by atoms with Gasteiger partial charge in [-0.3, -0.25) is 0 Å². The van der Waals surface area contributed by atoms with E-state index in [0.29, 0.717) is 0 Å². The van der Waals surface area contributed by atoms with Crippen molar-refractivity contribution in [1.29, 1.82) is 0 Å². The summed E-state index contributed by atoms with van der Waals surface area (Å²) in [6.07, 6.45) is 16.1. The van der Waals surface area contributed by atoms with E-state index in [2.05, 4.69) is 104 Å². The third-order valence-corrected chi connectivity index (χ3v) is 29.1. The fourth-order valence-electron chi connectivity index (χ4n) is 7.25. The molecule has 5 aromatic rings. The first-order chi connectivity index (χ1) is 21.2. The summed E-state index contributed by atoms with van der Waals surface area (Å²) in [6.45, 7) is 10.5. The van der Waals surface area contributed by atoms with Gasteiger partial charge in [0, 0.05) is 0 Å². The topological polar surface area (TPSA) is 17.8 Å². The van der Waals surface area contributed by atoms with Crippen LogP contribution in [0.3, 0.4) is 0 Å². The molecule has 0 fully saturated rings. The number of fused-ring (bicyclic) bond motifs is 6. The van der Waals surface area contributed by atoms with Gasteiger partial charge < -0.3 is 0 Å². The standard InChI is InChI=1S/C27H27N2S.3C4H9.Sn/c1-2-3-4-5-6-11-18-29-26-23-16-10-8-14-21(23)20-13-7-9-15-22(20)25(26)28-27(29)24-17-12-19-30-24;3*1-3-4-2;/h7-10,12-17H,2-6,11,18H2,1H3;3*1,3-4H2,2H3;. The van der Waals surface area contributed by atoms with Crippen LogP contribution in [0, 0.1) is 0 Å². The monoisotopic (exact) mass is 702 g/mol. The maximum absolute atomic E-state index is 5.57. The van der Waals surface area contributed by atoms with Gasteiger partial charge in [0.2, 0.25) is 0 Å². The summed E-state index contributed by atoms with van der Waals surface area (Å²) in [7, 11) is 0. The third-order valence-electron chi connectivity index (χ3n) is 9.73. The Balaban J connectivity index is 1.64. The summed E-state index contributed by atoms with van der Waals surface area (Å²) in [5.41, 5.74) is 2.52. The van der Waals surface area contributed by atoms with Crippen molar-refractivity contribution in [2.45, 2.75) is 125 Å². The molecule has 43 heavy (non-hydrogen) atoms. The van der Waals surface area contributed by atoms with Gasteiger partial charge in [-0.2, -0.15) is 0 Å². The first-order valence-electron chi connectivity index (χ1n) is 17.6. The number of imidazole rings is 1. The first-order valence-corrected chi connectivity index (χ1v) is 25.9. The molecule has 2 nitrogen and oxygen atoms in total. The maximum atomic E-state index is 5.57. The molecule has 0 amide bonds. The number of rotatable bonds is 18. The summed E-state index contributed by atoms with van der Waals surface area (Å²) in [5, 5.41) is 5.31. The van der Waals surface area contributed by atoms with Crippen LogP contribution < -0.4 is 2.89 Å². The Bertz CT molecular complexity index is 1570. The van der Waals surface area contributed by atoms with E-state index in [4.69, 9.17) is 4.98 Å². The van der Waals surface area contributed by atoms with E-state index in [1.54, 1.807) is 0 Å². The van der Waals surface area contributed by atoms with Crippen LogP contribution in [-0.4, -0.2) is 27.9 Å². The number of thiophene rings is 1. The van der Waals surface area contributed by atoms with Crippen molar-refractivity contribution >= 4 is 65.2 Å². The molecule has 2 aromatic heterocycles. The second-order valence-corrected chi connectivity index (χ2v) is 28.1. The number of hydrogen-bond donors (Lipinski definition) is 0. The van der Waals surface area contributed by atoms with Gasteiger partial charge in [0.1, 0.15) is 0 Å². The zero-order valence-electron chi connectivity index (χ0n) is 27.4. The molecule has 0 spiro atoms. The van der Waals surface area contributed by atoms with Gasteiger partial charge in [-0.05, 0) is 0 Å². The van der Waals surface area contributed by atoms with Gasteiger partial charge >= 0.3 is 264 Å². The number of hydrogen-bond acceptors (Lipinski definition) is 2. The molecule has 0 saturated carbocycles. The quantitative estimate of drug-likeness (QED) is 0.0505. The van der Waals surface area contributed by atoms with Crippen LogP contribution in [0.1, 0.15) is 105 Å². The van der Waals surface area contributed by atoms with Crippen molar-refractivity contribution in [3.05, 3.63) is 60.7 Å². The van der Waals surface area contributed by atoms with Crippen molar-refractivity contribution < 1.29 is 0 Å². The number of benzene rings is 3. The van der Waals surface area contributed by atoms with Gasteiger partial charge in [0.15, 0.2) is 0 Å². The van der Waals surface area contributed by atoms with E-state index in [1.807, 2.05) is 2.89 Å². The SMILES string of the molecule is CCCCCCCCn1c(-c2cc[c]([Sn]([CH2]CCC)([CH2]CCC)[CH2]CCC)s2)nc2c3ccccc3c3ccccc3c21. The zero-order chi connectivity index (χ0) is 30.1. The summed E-state index contributed by atoms with van der Waals surface area (Å²) >= 11 is -0.360. The van der Waals surface area contributed by atoms with E-state index in [9.17, 15) is 0 Å². The summed E-state index contributed by atoms with van der Waals surface area (Å²) < 4.78 is 9.01. The second kappa shape index (κ2) is 15.9. The van der Waals surface area contributed by atoms with E-state index in [-0.39, 0.29) is 0 Å². The number of unbranched alkanes of at least 4 members (excludes halogenated alkanes) is 8. The fraction of sp³-hybridized carbons (Fsp3) is 0.513. The summed E-state index contributed by atoms with van der Waals surface area (Å²) in [6, 6.07) is 23.0. The van der Waals surface area contributed by atoms with Crippen LogP contribution in [0.4, 0.5) is 0 Å². The molecule has 0 bridgehead atoms. The predicted molar refractivity (Wildman–Crippen MR) is 196 cm³/mol. The second-order valence-electron chi connectivity index (χ2n) is 12.9. The van der Waals surface area contributed by atoms with Gasteiger partial charge in [-0.15, -0.1) is 0 Å². The Morgan fingerprint density at radius 2 is 1.12 bits per heavy atom. The average molecular weight is 702 g/mol. The molecule has 0 aliphatic carbocycles. The number of aryl methyl sites for hydroxylation is 1. The van der Waals surface area contributed by atoms with Crippen LogP contribution in [-0.2, 0) is 6.54 Å². The Morgan fingerprint density at radius 3 is 1.74 bits per heavy atom. The fourth-order valence-corrected chi connectivity index (χ4v) is 27.4. The van der Waals surface area contributed by atoms with Crippen molar-refractivity contribution in [3.8, 4) is 10.7 Å². The molecule has 0 atom stereocenters. The molecule has 5 rings (SSSR count). The molecule has 230 valence electrons. The van der Waals surface area contributed by atoms with Crippen LogP contribution in [0.2, 0.25) is 13.3 Å². The third kappa shape index (κ3) is 7.19. The molecule has 0 N–H and O–H groups in total. The van der Waals surface area contributed by atoms with Gasteiger partial charge in [0.25, 0.3) is 0 Å². The molecule has 0 unspecified atom stereocenters. The zero-order valence-corrected chi connectivity index (χ0v) is 31.1. The molecule has 3 aromatic carbocycles. The van der Waals surface area contributed by atoms with E-state index in [1.165, 1.54) is 134 Å². The average Bonchev–Trinajstić information content (AvgIpc) is 3.69. The molecule has 0 aliphatic heterocycles. The molecule has 0 saturated heterocycles. The number of aromatic nitrogens is 2. The predicted octanol–water partition coefficient (Wildman–Crippen LogP) is 12.5. The Labute approximate surface area is 269 Å². The Kier molecular flexibility index (Phi) is 12.1. The van der Waals surface area contributed by atoms with Crippen LogP contribution in [0.5, 0.6) is 0 Å². The molecule has 0 aliphatic rings. The van der Waals surface area contributed by atoms with Crippen LogP contribution >= 0.6 is 11.3 Å². The van der Waals surface area contributed by atoms with Crippen molar-refractivity contribution in [2.24, 2.45) is 0 Å². The number of nitrogens with zero attached hydrogens (tertiary/aromatic N) is 2. The van der Waals surface area contributed by atoms with Crippen molar-refractivity contribution in [1.82, 2.24) is 9.55 Å². The minimum atomic E-state index is -2.50. The first kappa shape index (κ1) is 32.5. The molecule has 0 radical (unpaired) electrons. The summed E-state index contributed by atoms with van der Waals surface area (Å²) in [4.78, 5) is 6.97. The summed E-state index contributed by atoms with van der Waals surface area (Å²) in [5.74, 6) is 1.21. The van der Waals surface area contributed by atoms with E-state index in [0.717, 1.165) is 6.54 Å². The van der Waals surface area contributed by atoms with Gasteiger partial charge in [-0.1, -0.05) is 6.92 Å². The molecular weight excluding hydrogens is 647 g/mol. The van der Waals surface area contributed by atoms with Gasteiger partial charge in [-0.25, -0.2) is 0 Å². The van der Waals surface area contributed by atoms with Crippen LogP contribution in [0.15, 0.2) is 60.7 Å². The Hall–Kier alpha value is -1.85. The minimum absolute atomic E-state index is 1.05. The Morgan fingerprint density at radius 1 is 0.581 bits per heavy atom. The van der Waals surface area contributed by atoms with Crippen molar-refractivity contribution in [2.75, 3.05) is 0 Å². The van der Waals surface area contributed by atoms with Crippen molar-refractivity contribution in [3.63, 3.8) is 0 Å². The molecule has 2 heterocycles. The van der Waals surface area contributed by atoms with Gasteiger partial charge in [0.05, 0.1) is 0 Å². The normalized spacial score (nSPS) is 12.3. The van der Waals surface area contributed by atoms with E-state index >= 15 is 0 Å². The molecule has 4 heteroatoms.